The highest BCUT2D eigenvalue weighted by molar-refractivity contribution is 4.83. The molecule has 0 saturated carbocycles. The Kier molecular flexibility index (Phi) is 8.74. The molecule has 1 fully saturated rings. The third kappa shape index (κ3) is 6.55. The molecule has 0 radical (unpaired) electrons. The Balaban J connectivity index is 2.37. The van der Waals surface area contributed by atoms with Crippen molar-refractivity contribution >= 4 is 0 Å². The van der Waals surface area contributed by atoms with Crippen LogP contribution in [0.15, 0.2) is 0 Å². The van der Waals surface area contributed by atoms with Gasteiger partial charge in [0.2, 0.25) is 0 Å². The average molecular weight is 284 g/mol. The highest BCUT2D eigenvalue weighted by atomic mass is 16.5. The summed E-state index contributed by atoms with van der Waals surface area (Å²) in [6.07, 6.45) is 6.44. The first kappa shape index (κ1) is 17.9. The SMILES string of the molecule is CCCNCC(C)(CCC)CN1CCC(COC)CC1. The van der Waals surface area contributed by atoms with E-state index in [4.69, 9.17) is 4.74 Å². The summed E-state index contributed by atoms with van der Waals surface area (Å²) in [7, 11) is 1.82. The molecule has 1 atom stereocenters. The van der Waals surface area contributed by atoms with Gasteiger partial charge in [-0.1, -0.05) is 27.2 Å². The van der Waals surface area contributed by atoms with Gasteiger partial charge in [0.05, 0.1) is 0 Å². The number of nitrogens with one attached hydrogen (secondary N) is 1. The van der Waals surface area contributed by atoms with Crippen LogP contribution in [0.4, 0.5) is 0 Å². The van der Waals surface area contributed by atoms with Crippen molar-refractivity contribution in [3.8, 4) is 0 Å². The third-order valence-electron chi connectivity index (χ3n) is 4.55. The fourth-order valence-electron chi connectivity index (χ4n) is 3.48. The van der Waals surface area contributed by atoms with E-state index < -0.39 is 0 Å². The van der Waals surface area contributed by atoms with E-state index in [1.54, 1.807) is 0 Å². The lowest BCUT2D eigenvalue weighted by molar-refractivity contribution is 0.0743. The summed E-state index contributed by atoms with van der Waals surface area (Å²) in [5.74, 6) is 0.784. The average Bonchev–Trinajstić information content (AvgIpc) is 2.42. The van der Waals surface area contributed by atoms with Gasteiger partial charge in [-0.15, -0.1) is 0 Å². The molecule has 1 aliphatic rings. The molecular formula is C17H36N2O. The summed E-state index contributed by atoms with van der Waals surface area (Å²) in [4.78, 5) is 2.68. The lowest BCUT2D eigenvalue weighted by Gasteiger charge is -2.39. The minimum absolute atomic E-state index is 0.429. The summed E-state index contributed by atoms with van der Waals surface area (Å²) in [6, 6.07) is 0. The largest absolute Gasteiger partial charge is 0.384 e. The Hall–Kier alpha value is -0.120. The van der Waals surface area contributed by atoms with E-state index in [0.717, 1.165) is 25.6 Å². The van der Waals surface area contributed by atoms with Gasteiger partial charge in [0.25, 0.3) is 0 Å². The second kappa shape index (κ2) is 9.75. The van der Waals surface area contributed by atoms with Crippen molar-refractivity contribution in [3.63, 3.8) is 0 Å². The zero-order valence-electron chi connectivity index (χ0n) is 14.2. The third-order valence-corrected chi connectivity index (χ3v) is 4.55. The van der Waals surface area contributed by atoms with E-state index in [0.29, 0.717) is 5.41 Å². The lowest BCUT2D eigenvalue weighted by atomic mass is 9.83. The molecule has 0 aliphatic carbocycles. The standard InChI is InChI=1S/C17H36N2O/c1-5-9-17(3,14-18-10-6-2)15-19-11-7-16(8-12-19)13-20-4/h16,18H,5-15H2,1-4H3. The first-order valence-corrected chi connectivity index (χ1v) is 8.55. The summed E-state index contributed by atoms with van der Waals surface area (Å²) >= 11 is 0. The quantitative estimate of drug-likeness (QED) is 0.624. The molecule has 0 amide bonds. The van der Waals surface area contributed by atoms with Gasteiger partial charge in [-0.05, 0) is 56.7 Å². The molecule has 1 aliphatic heterocycles. The minimum Gasteiger partial charge on any atom is -0.384 e. The smallest absolute Gasteiger partial charge is 0.0491 e. The number of methoxy groups -OCH3 is 1. The van der Waals surface area contributed by atoms with Crippen LogP contribution in [0.1, 0.15) is 52.9 Å². The Labute approximate surface area is 126 Å². The van der Waals surface area contributed by atoms with Crippen molar-refractivity contribution < 1.29 is 4.74 Å². The Morgan fingerprint density at radius 3 is 2.45 bits per heavy atom. The lowest BCUT2D eigenvalue weighted by Crippen LogP contribution is -2.45. The molecule has 3 nitrogen and oxygen atoms in total. The summed E-state index contributed by atoms with van der Waals surface area (Å²) < 4.78 is 5.29. The molecule has 120 valence electrons. The van der Waals surface area contributed by atoms with Crippen LogP contribution in [0.2, 0.25) is 0 Å². The fraction of sp³-hybridized carbons (Fsp3) is 1.00. The van der Waals surface area contributed by atoms with Gasteiger partial charge in [0.15, 0.2) is 0 Å². The second-order valence-corrected chi connectivity index (χ2v) is 6.91. The van der Waals surface area contributed by atoms with Crippen LogP contribution in [0, 0.1) is 11.3 Å². The first-order chi connectivity index (χ1) is 9.63. The van der Waals surface area contributed by atoms with Gasteiger partial charge in [-0.25, -0.2) is 0 Å². The molecule has 0 aromatic carbocycles. The topological polar surface area (TPSA) is 24.5 Å². The molecule has 1 N–H and O–H groups in total. The van der Waals surface area contributed by atoms with Crippen molar-refractivity contribution in [2.24, 2.45) is 11.3 Å². The van der Waals surface area contributed by atoms with Gasteiger partial charge in [-0.3, -0.25) is 0 Å². The molecule has 0 spiro atoms. The molecule has 20 heavy (non-hydrogen) atoms. The molecule has 0 aromatic heterocycles. The second-order valence-electron chi connectivity index (χ2n) is 6.91. The maximum atomic E-state index is 5.29. The Morgan fingerprint density at radius 2 is 1.90 bits per heavy atom. The maximum Gasteiger partial charge on any atom is 0.0491 e. The van der Waals surface area contributed by atoms with Crippen molar-refractivity contribution in [1.82, 2.24) is 10.2 Å². The summed E-state index contributed by atoms with van der Waals surface area (Å²) in [5, 5.41) is 3.63. The number of ether oxygens (including phenoxy) is 1. The van der Waals surface area contributed by atoms with E-state index >= 15 is 0 Å². The zero-order chi connectivity index (χ0) is 14.8. The molecule has 1 rings (SSSR count). The van der Waals surface area contributed by atoms with E-state index in [2.05, 4.69) is 31.0 Å². The highest BCUT2D eigenvalue weighted by Crippen LogP contribution is 2.27. The van der Waals surface area contributed by atoms with E-state index in [1.165, 1.54) is 51.7 Å². The van der Waals surface area contributed by atoms with Gasteiger partial charge in [0.1, 0.15) is 0 Å². The van der Waals surface area contributed by atoms with Crippen molar-refractivity contribution in [3.05, 3.63) is 0 Å². The van der Waals surface area contributed by atoms with Gasteiger partial charge < -0.3 is 15.0 Å². The first-order valence-electron chi connectivity index (χ1n) is 8.55. The van der Waals surface area contributed by atoms with Gasteiger partial charge >= 0.3 is 0 Å². The van der Waals surface area contributed by atoms with E-state index in [9.17, 15) is 0 Å². The zero-order valence-corrected chi connectivity index (χ0v) is 14.2. The van der Waals surface area contributed by atoms with E-state index in [1.807, 2.05) is 7.11 Å². The number of nitrogens with zero attached hydrogens (tertiary/aromatic N) is 1. The number of likely N-dealkylation sites (tertiary alicyclic amines) is 1. The van der Waals surface area contributed by atoms with Crippen LogP contribution in [-0.2, 0) is 4.74 Å². The number of piperidine rings is 1. The van der Waals surface area contributed by atoms with Crippen LogP contribution in [0.5, 0.6) is 0 Å². The van der Waals surface area contributed by atoms with Crippen molar-refractivity contribution in [2.45, 2.75) is 52.9 Å². The number of hydrogen-bond donors (Lipinski definition) is 1. The number of rotatable bonds is 10. The minimum atomic E-state index is 0.429. The fourth-order valence-corrected chi connectivity index (χ4v) is 3.48. The van der Waals surface area contributed by atoms with Crippen LogP contribution in [0.25, 0.3) is 0 Å². The monoisotopic (exact) mass is 284 g/mol. The van der Waals surface area contributed by atoms with Crippen molar-refractivity contribution in [1.29, 1.82) is 0 Å². The molecule has 0 bridgehead atoms. The molecule has 1 heterocycles. The molecule has 1 saturated heterocycles. The Bertz CT molecular complexity index is 239. The maximum absolute atomic E-state index is 5.29. The van der Waals surface area contributed by atoms with Crippen LogP contribution in [0.3, 0.4) is 0 Å². The van der Waals surface area contributed by atoms with Gasteiger partial charge in [-0.2, -0.15) is 0 Å². The molecule has 1 unspecified atom stereocenters. The molecule has 0 aromatic rings. The summed E-state index contributed by atoms with van der Waals surface area (Å²) in [6.45, 7) is 14.0. The Morgan fingerprint density at radius 1 is 1.20 bits per heavy atom. The normalized spacial score (nSPS) is 21.0. The number of hydrogen-bond acceptors (Lipinski definition) is 3. The van der Waals surface area contributed by atoms with Crippen LogP contribution >= 0.6 is 0 Å². The predicted molar refractivity (Wildman–Crippen MR) is 87.2 cm³/mol. The van der Waals surface area contributed by atoms with Gasteiger partial charge in [0, 0.05) is 26.8 Å². The van der Waals surface area contributed by atoms with E-state index in [-0.39, 0.29) is 0 Å². The van der Waals surface area contributed by atoms with Crippen LogP contribution < -0.4 is 5.32 Å². The molecule has 3 heteroatoms. The van der Waals surface area contributed by atoms with Crippen LogP contribution in [-0.4, -0.2) is 51.3 Å². The summed E-state index contributed by atoms with van der Waals surface area (Å²) in [5.41, 5.74) is 0.429. The highest BCUT2D eigenvalue weighted by Gasteiger charge is 2.28. The van der Waals surface area contributed by atoms with Crippen molar-refractivity contribution in [2.75, 3.05) is 46.4 Å². The predicted octanol–water partition coefficient (Wildman–Crippen LogP) is 3.15. The molecular weight excluding hydrogens is 248 g/mol.